The smallest absolute Gasteiger partial charge is 0.155 e. The lowest BCUT2D eigenvalue weighted by molar-refractivity contribution is -0.113. The fourth-order valence-electron chi connectivity index (χ4n) is 0.904. The molecular formula is C11H18O. The third-order valence-electron chi connectivity index (χ3n) is 1.65. The van der Waals surface area contributed by atoms with Crippen molar-refractivity contribution in [3.05, 3.63) is 24.3 Å². The third kappa shape index (κ3) is 4.89. The monoisotopic (exact) mass is 166 g/mol. The van der Waals surface area contributed by atoms with E-state index in [0.29, 0.717) is 12.3 Å². The molecule has 0 saturated heterocycles. The summed E-state index contributed by atoms with van der Waals surface area (Å²) in [6.07, 6.45) is 5.47. The van der Waals surface area contributed by atoms with Crippen molar-refractivity contribution in [2.75, 3.05) is 0 Å². The van der Waals surface area contributed by atoms with Gasteiger partial charge in [0, 0.05) is 0 Å². The molecule has 0 heterocycles. The van der Waals surface area contributed by atoms with Gasteiger partial charge in [0.1, 0.15) is 0 Å². The van der Waals surface area contributed by atoms with Crippen molar-refractivity contribution in [2.45, 2.75) is 33.6 Å². The van der Waals surface area contributed by atoms with Gasteiger partial charge in [0.2, 0.25) is 0 Å². The van der Waals surface area contributed by atoms with E-state index in [4.69, 9.17) is 0 Å². The lowest BCUT2D eigenvalue weighted by Crippen LogP contribution is -1.96. The van der Waals surface area contributed by atoms with Crippen molar-refractivity contribution in [1.29, 1.82) is 0 Å². The Morgan fingerprint density at radius 2 is 2.08 bits per heavy atom. The minimum Gasteiger partial charge on any atom is -0.295 e. The van der Waals surface area contributed by atoms with Crippen LogP contribution in [0, 0.1) is 5.92 Å². The third-order valence-corrected chi connectivity index (χ3v) is 1.65. The van der Waals surface area contributed by atoms with Gasteiger partial charge in [0.05, 0.1) is 0 Å². The molecule has 68 valence electrons. The Morgan fingerprint density at radius 3 is 2.42 bits per heavy atom. The second kappa shape index (κ2) is 5.76. The Morgan fingerprint density at radius 1 is 1.50 bits per heavy atom. The normalized spacial score (nSPS) is 11.8. The number of hydrogen-bond donors (Lipinski definition) is 0. The van der Waals surface area contributed by atoms with Crippen LogP contribution in [0.2, 0.25) is 0 Å². The van der Waals surface area contributed by atoms with E-state index in [0.717, 1.165) is 12.0 Å². The summed E-state index contributed by atoms with van der Waals surface area (Å²) in [5, 5.41) is 0. The second-order valence-corrected chi connectivity index (χ2v) is 3.41. The first-order valence-corrected chi connectivity index (χ1v) is 4.38. The van der Waals surface area contributed by atoms with Crippen LogP contribution in [-0.4, -0.2) is 5.78 Å². The molecule has 1 heteroatoms. The van der Waals surface area contributed by atoms with Crippen molar-refractivity contribution in [3.8, 4) is 0 Å². The molecule has 0 aliphatic rings. The highest BCUT2D eigenvalue weighted by Crippen LogP contribution is 2.09. The number of carbonyl (C=O) groups is 1. The van der Waals surface area contributed by atoms with Gasteiger partial charge in [-0.25, -0.2) is 0 Å². The molecule has 0 bridgehead atoms. The molecule has 0 spiro atoms. The van der Waals surface area contributed by atoms with Crippen LogP contribution in [0.4, 0.5) is 0 Å². The van der Waals surface area contributed by atoms with Crippen LogP contribution in [0.5, 0.6) is 0 Å². The van der Waals surface area contributed by atoms with Gasteiger partial charge in [-0.2, -0.15) is 0 Å². The van der Waals surface area contributed by atoms with Gasteiger partial charge in [-0.1, -0.05) is 26.0 Å². The second-order valence-electron chi connectivity index (χ2n) is 3.41. The van der Waals surface area contributed by atoms with E-state index in [1.807, 2.05) is 6.08 Å². The van der Waals surface area contributed by atoms with E-state index >= 15 is 0 Å². The van der Waals surface area contributed by atoms with Crippen LogP contribution in [0.15, 0.2) is 24.3 Å². The van der Waals surface area contributed by atoms with E-state index < -0.39 is 0 Å². The van der Waals surface area contributed by atoms with Crippen molar-refractivity contribution in [3.63, 3.8) is 0 Å². The highest BCUT2D eigenvalue weighted by atomic mass is 16.1. The van der Waals surface area contributed by atoms with Crippen molar-refractivity contribution >= 4 is 5.78 Å². The molecular weight excluding hydrogens is 148 g/mol. The highest BCUT2D eigenvalue weighted by Gasteiger charge is 2.00. The molecule has 12 heavy (non-hydrogen) atoms. The van der Waals surface area contributed by atoms with Gasteiger partial charge in [0.15, 0.2) is 5.78 Å². The molecule has 0 aromatic heterocycles. The van der Waals surface area contributed by atoms with Gasteiger partial charge in [-0.05, 0) is 31.3 Å². The minimum atomic E-state index is 0.163. The summed E-state index contributed by atoms with van der Waals surface area (Å²) in [7, 11) is 0. The Balaban J connectivity index is 4.17. The molecule has 0 aromatic rings. The Bertz CT molecular complexity index is 187. The number of rotatable bonds is 5. The number of Topliss-reactive ketones (excluding diaryl/α,β-unsaturated/α-hetero) is 1. The molecule has 0 amide bonds. The highest BCUT2D eigenvalue weighted by molar-refractivity contribution is 5.93. The summed E-state index contributed by atoms with van der Waals surface area (Å²) in [5.41, 5.74) is 0.888. The first-order chi connectivity index (χ1) is 5.57. The quantitative estimate of drug-likeness (QED) is 0.453. The van der Waals surface area contributed by atoms with E-state index in [1.165, 1.54) is 0 Å². The van der Waals surface area contributed by atoms with E-state index in [2.05, 4.69) is 20.4 Å². The number of ketones is 1. The fraction of sp³-hybridized carbons (Fsp3) is 0.545. The molecule has 0 aliphatic heterocycles. The predicted molar refractivity (Wildman–Crippen MR) is 53.0 cm³/mol. The van der Waals surface area contributed by atoms with E-state index in [-0.39, 0.29) is 5.78 Å². The average molecular weight is 166 g/mol. The largest absolute Gasteiger partial charge is 0.295 e. The van der Waals surface area contributed by atoms with Crippen molar-refractivity contribution < 1.29 is 4.79 Å². The molecule has 0 aromatic carbocycles. The maximum atomic E-state index is 11.0. The van der Waals surface area contributed by atoms with Gasteiger partial charge in [-0.3, -0.25) is 4.79 Å². The predicted octanol–water partition coefficient (Wildman–Crippen LogP) is 3.12. The zero-order valence-electron chi connectivity index (χ0n) is 8.26. The molecule has 0 rings (SSSR count). The van der Waals surface area contributed by atoms with E-state index in [9.17, 15) is 4.79 Å². The van der Waals surface area contributed by atoms with Crippen LogP contribution in [0.1, 0.15) is 33.6 Å². The van der Waals surface area contributed by atoms with Crippen LogP contribution in [0.3, 0.4) is 0 Å². The maximum absolute atomic E-state index is 11.0. The zero-order chi connectivity index (χ0) is 9.56. The average Bonchev–Trinajstić information content (AvgIpc) is 1.96. The lowest BCUT2D eigenvalue weighted by atomic mass is 10.0. The van der Waals surface area contributed by atoms with Crippen LogP contribution < -0.4 is 0 Å². The maximum Gasteiger partial charge on any atom is 0.155 e. The van der Waals surface area contributed by atoms with Crippen LogP contribution in [0.25, 0.3) is 0 Å². The molecule has 0 N–H and O–H groups in total. The first kappa shape index (κ1) is 11.2. The van der Waals surface area contributed by atoms with Gasteiger partial charge >= 0.3 is 0 Å². The van der Waals surface area contributed by atoms with E-state index in [1.54, 1.807) is 13.0 Å². The summed E-state index contributed by atoms with van der Waals surface area (Å²) in [6, 6.07) is 0. The number of allylic oxidation sites excluding steroid dienone is 3. The molecule has 0 unspecified atom stereocenters. The number of carbonyl (C=O) groups excluding carboxylic acids is 1. The van der Waals surface area contributed by atoms with Crippen molar-refractivity contribution in [1.82, 2.24) is 0 Å². The fourth-order valence-corrected chi connectivity index (χ4v) is 0.904. The molecule has 0 radical (unpaired) electrons. The lowest BCUT2D eigenvalue weighted by Gasteiger charge is -2.01. The van der Waals surface area contributed by atoms with Crippen LogP contribution in [-0.2, 0) is 4.79 Å². The number of hydrogen-bond acceptors (Lipinski definition) is 1. The molecule has 0 fully saturated rings. The van der Waals surface area contributed by atoms with Crippen LogP contribution >= 0.6 is 0 Å². The first-order valence-electron chi connectivity index (χ1n) is 4.38. The SMILES string of the molecule is C=CC/C(=C\CC(C)C)C(C)=O. The Hall–Kier alpha value is -0.850. The van der Waals surface area contributed by atoms with Gasteiger partial charge in [0.25, 0.3) is 0 Å². The molecule has 1 nitrogen and oxygen atoms in total. The van der Waals surface area contributed by atoms with Crippen molar-refractivity contribution in [2.24, 2.45) is 5.92 Å². The Kier molecular flexibility index (Phi) is 5.35. The molecule has 0 aliphatic carbocycles. The van der Waals surface area contributed by atoms with Gasteiger partial charge < -0.3 is 0 Å². The summed E-state index contributed by atoms with van der Waals surface area (Å²) in [6.45, 7) is 9.51. The summed E-state index contributed by atoms with van der Waals surface area (Å²) >= 11 is 0. The minimum absolute atomic E-state index is 0.163. The molecule has 0 atom stereocenters. The zero-order valence-corrected chi connectivity index (χ0v) is 8.26. The standard InChI is InChI=1S/C11H18O/c1-5-6-11(10(4)12)8-7-9(2)3/h5,8-9H,1,6-7H2,2-4H3/b11-8+. The molecule has 0 saturated carbocycles. The Labute approximate surface area is 75.2 Å². The van der Waals surface area contributed by atoms with Gasteiger partial charge in [-0.15, -0.1) is 6.58 Å². The summed E-state index contributed by atoms with van der Waals surface area (Å²) in [5.74, 6) is 0.778. The summed E-state index contributed by atoms with van der Waals surface area (Å²) < 4.78 is 0. The topological polar surface area (TPSA) is 17.1 Å². The summed E-state index contributed by atoms with van der Waals surface area (Å²) in [4.78, 5) is 11.0.